The zero-order valence-electron chi connectivity index (χ0n) is 18.2. The number of aromatic nitrogens is 2. The third-order valence-corrected chi connectivity index (χ3v) is 5.21. The summed E-state index contributed by atoms with van der Waals surface area (Å²) in [4.78, 5) is 17.2. The molecule has 164 valence electrons. The minimum Gasteiger partial charge on any atom is -0.485 e. The second-order valence-electron chi connectivity index (χ2n) is 8.06. The van der Waals surface area contributed by atoms with Crippen LogP contribution < -0.4 is 10.1 Å². The van der Waals surface area contributed by atoms with Gasteiger partial charge in [-0.2, -0.15) is 0 Å². The van der Waals surface area contributed by atoms with Crippen molar-refractivity contribution in [2.45, 2.75) is 38.8 Å². The molecule has 5 nitrogen and oxygen atoms in total. The number of hydrogen-bond acceptors (Lipinski definition) is 3. The van der Waals surface area contributed by atoms with Gasteiger partial charge in [0.1, 0.15) is 12.4 Å². The highest BCUT2D eigenvalue weighted by Crippen LogP contribution is 2.31. The zero-order chi connectivity index (χ0) is 22.5. The first-order valence-electron chi connectivity index (χ1n) is 10.7. The quantitative estimate of drug-likeness (QED) is 0.422. The van der Waals surface area contributed by atoms with Gasteiger partial charge in [0.05, 0.1) is 5.69 Å². The van der Waals surface area contributed by atoms with Gasteiger partial charge in [0.25, 0.3) is 0 Å². The number of halogens is 1. The summed E-state index contributed by atoms with van der Waals surface area (Å²) in [5.74, 6) is -0.144. The van der Waals surface area contributed by atoms with E-state index in [1.54, 1.807) is 12.3 Å². The van der Waals surface area contributed by atoms with Gasteiger partial charge in [0.15, 0.2) is 11.4 Å². The Morgan fingerprint density at radius 2 is 1.91 bits per heavy atom. The first-order chi connectivity index (χ1) is 15.5. The summed E-state index contributed by atoms with van der Waals surface area (Å²) in [7, 11) is 0. The Morgan fingerprint density at radius 3 is 2.66 bits per heavy atom. The van der Waals surface area contributed by atoms with Crippen LogP contribution in [0.25, 0.3) is 5.65 Å². The van der Waals surface area contributed by atoms with Crippen molar-refractivity contribution >= 4 is 11.6 Å². The minimum absolute atomic E-state index is 0.0239. The second-order valence-corrected chi connectivity index (χ2v) is 8.06. The van der Waals surface area contributed by atoms with E-state index in [1.165, 1.54) is 12.1 Å². The fourth-order valence-electron chi connectivity index (χ4n) is 3.79. The first kappa shape index (κ1) is 21.6. The Morgan fingerprint density at radius 1 is 1.09 bits per heavy atom. The van der Waals surface area contributed by atoms with Crippen LogP contribution in [0.2, 0.25) is 0 Å². The van der Waals surface area contributed by atoms with Crippen LogP contribution in [0.1, 0.15) is 43.0 Å². The molecule has 0 saturated heterocycles. The highest BCUT2D eigenvalue weighted by atomic mass is 19.1. The number of amides is 1. The van der Waals surface area contributed by atoms with Crippen LogP contribution in [0.15, 0.2) is 79.1 Å². The summed E-state index contributed by atoms with van der Waals surface area (Å²) >= 11 is 0. The van der Waals surface area contributed by atoms with E-state index < -0.39 is 0 Å². The molecule has 4 aromatic rings. The normalized spacial score (nSPS) is 12.1. The summed E-state index contributed by atoms with van der Waals surface area (Å²) in [6, 6.07) is 20.1. The Balaban J connectivity index is 1.68. The SMILES string of the molecule is CC(C)NC(=O)CC(c1cccc(F)c1)c1cnc2c(OCc3ccccc3)cccn12. The Labute approximate surface area is 186 Å². The third-order valence-electron chi connectivity index (χ3n) is 5.21. The van der Waals surface area contributed by atoms with Crippen LogP contribution in [-0.2, 0) is 11.4 Å². The zero-order valence-corrected chi connectivity index (χ0v) is 18.2. The van der Waals surface area contributed by atoms with Crippen molar-refractivity contribution in [1.29, 1.82) is 0 Å². The summed E-state index contributed by atoms with van der Waals surface area (Å²) in [6.07, 6.45) is 3.81. The number of carbonyl (C=O) groups excluding carboxylic acids is 1. The van der Waals surface area contributed by atoms with Crippen LogP contribution >= 0.6 is 0 Å². The summed E-state index contributed by atoms with van der Waals surface area (Å²) in [5.41, 5.74) is 3.24. The van der Waals surface area contributed by atoms with Gasteiger partial charge in [-0.3, -0.25) is 4.79 Å². The number of hydrogen-bond donors (Lipinski definition) is 1. The number of imidazole rings is 1. The van der Waals surface area contributed by atoms with Gasteiger partial charge in [-0.1, -0.05) is 42.5 Å². The van der Waals surface area contributed by atoms with Crippen molar-refractivity contribution in [3.05, 3.63) is 102 Å². The van der Waals surface area contributed by atoms with E-state index in [2.05, 4.69) is 10.3 Å². The molecule has 2 aromatic carbocycles. The van der Waals surface area contributed by atoms with Crippen LogP contribution in [0.3, 0.4) is 0 Å². The molecule has 2 heterocycles. The molecule has 0 aliphatic carbocycles. The smallest absolute Gasteiger partial charge is 0.221 e. The topological polar surface area (TPSA) is 55.6 Å². The van der Waals surface area contributed by atoms with Gasteiger partial charge in [0, 0.05) is 30.8 Å². The molecule has 0 aliphatic heterocycles. The Bertz CT molecular complexity index is 1200. The van der Waals surface area contributed by atoms with Crippen molar-refractivity contribution in [1.82, 2.24) is 14.7 Å². The lowest BCUT2D eigenvalue weighted by atomic mass is 9.92. The van der Waals surface area contributed by atoms with E-state index in [0.29, 0.717) is 18.0 Å². The number of nitrogens with one attached hydrogen (secondary N) is 1. The molecule has 1 N–H and O–H groups in total. The van der Waals surface area contributed by atoms with E-state index in [-0.39, 0.29) is 30.1 Å². The largest absolute Gasteiger partial charge is 0.485 e. The van der Waals surface area contributed by atoms with Crippen molar-refractivity contribution in [3.63, 3.8) is 0 Å². The molecule has 1 atom stereocenters. The van der Waals surface area contributed by atoms with Gasteiger partial charge in [-0.25, -0.2) is 9.37 Å². The van der Waals surface area contributed by atoms with E-state index in [0.717, 1.165) is 16.8 Å². The molecule has 0 spiro atoms. The summed E-state index contributed by atoms with van der Waals surface area (Å²) in [5, 5.41) is 2.93. The maximum Gasteiger partial charge on any atom is 0.221 e. The predicted molar refractivity (Wildman–Crippen MR) is 122 cm³/mol. The maximum absolute atomic E-state index is 14.0. The molecule has 0 fully saturated rings. The van der Waals surface area contributed by atoms with Gasteiger partial charge in [0.2, 0.25) is 5.91 Å². The Kier molecular flexibility index (Phi) is 6.50. The molecular formula is C26H26FN3O2. The van der Waals surface area contributed by atoms with E-state index in [9.17, 15) is 9.18 Å². The van der Waals surface area contributed by atoms with Gasteiger partial charge in [-0.05, 0) is 49.2 Å². The van der Waals surface area contributed by atoms with Crippen LogP contribution in [0.5, 0.6) is 5.75 Å². The number of benzene rings is 2. The van der Waals surface area contributed by atoms with Crippen molar-refractivity contribution in [3.8, 4) is 5.75 Å². The molecule has 2 aromatic heterocycles. The average Bonchev–Trinajstić information content (AvgIpc) is 3.21. The maximum atomic E-state index is 14.0. The summed E-state index contributed by atoms with van der Waals surface area (Å²) < 4.78 is 22.0. The van der Waals surface area contributed by atoms with Gasteiger partial charge < -0.3 is 14.5 Å². The van der Waals surface area contributed by atoms with Crippen LogP contribution in [-0.4, -0.2) is 21.3 Å². The van der Waals surface area contributed by atoms with Crippen LogP contribution in [0.4, 0.5) is 4.39 Å². The molecule has 4 rings (SSSR count). The van der Waals surface area contributed by atoms with E-state index >= 15 is 0 Å². The molecular weight excluding hydrogens is 405 g/mol. The average molecular weight is 432 g/mol. The molecule has 32 heavy (non-hydrogen) atoms. The molecule has 6 heteroatoms. The molecule has 1 amide bonds. The van der Waals surface area contributed by atoms with Gasteiger partial charge >= 0.3 is 0 Å². The first-order valence-corrected chi connectivity index (χ1v) is 10.7. The number of rotatable bonds is 8. The number of carbonyl (C=O) groups is 1. The Hall–Kier alpha value is -3.67. The standard InChI is InChI=1S/C26H26FN3O2/c1-18(2)29-25(31)15-22(20-10-6-11-21(27)14-20)23-16-28-26-24(12-7-13-30(23)26)32-17-19-8-4-3-5-9-19/h3-14,16,18,22H,15,17H2,1-2H3,(H,29,31). The van der Waals surface area contributed by atoms with Crippen molar-refractivity contribution in [2.24, 2.45) is 0 Å². The summed E-state index contributed by atoms with van der Waals surface area (Å²) in [6.45, 7) is 4.26. The van der Waals surface area contributed by atoms with E-state index in [1.807, 2.05) is 73.0 Å². The fraction of sp³-hybridized carbons (Fsp3) is 0.231. The minimum atomic E-state index is -0.358. The number of pyridine rings is 1. The highest BCUT2D eigenvalue weighted by Gasteiger charge is 2.23. The predicted octanol–water partition coefficient (Wildman–Crippen LogP) is 5.10. The fourth-order valence-corrected chi connectivity index (χ4v) is 3.79. The molecule has 0 bridgehead atoms. The molecule has 0 aliphatic rings. The second kappa shape index (κ2) is 9.64. The van der Waals surface area contributed by atoms with Crippen molar-refractivity contribution < 1.29 is 13.9 Å². The monoisotopic (exact) mass is 431 g/mol. The van der Waals surface area contributed by atoms with Gasteiger partial charge in [-0.15, -0.1) is 0 Å². The number of fused-ring (bicyclic) bond motifs is 1. The third kappa shape index (κ3) is 4.97. The van der Waals surface area contributed by atoms with Crippen molar-refractivity contribution in [2.75, 3.05) is 0 Å². The highest BCUT2D eigenvalue weighted by molar-refractivity contribution is 5.77. The lowest BCUT2D eigenvalue weighted by Gasteiger charge is -2.19. The van der Waals surface area contributed by atoms with Crippen LogP contribution in [0, 0.1) is 5.82 Å². The molecule has 0 radical (unpaired) electrons. The molecule has 0 saturated carbocycles. The number of ether oxygens (including phenoxy) is 1. The lowest BCUT2D eigenvalue weighted by molar-refractivity contribution is -0.121. The number of nitrogens with zero attached hydrogens (tertiary/aromatic N) is 2. The van der Waals surface area contributed by atoms with E-state index in [4.69, 9.17) is 4.74 Å². The molecule has 1 unspecified atom stereocenters. The lowest BCUT2D eigenvalue weighted by Crippen LogP contribution is -2.31.